The Hall–Kier alpha value is 0.180. The van der Waals surface area contributed by atoms with Gasteiger partial charge in [-0.3, -0.25) is 0 Å². The fraction of sp³-hybridized carbons (Fsp3) is 1.00. The summed E-state index contributed by atoms with van der Waals surface area (Å²) >= 11 is 1.89. The zero-order chi connectivity index (χ0) is 14.4. The third kappa shape index (κ3) is 5.89. The molecule has 1 saturated heterocycles. The Kier molecular flexibility index (Phi) is 6.61. The zero-order valence-corrected chi connectivity index (χ0v) is 13.9. The molecule has 0 bridgehead atoms. The Bertz CT molecular complexity index is 379. The van der Waals surface area contributed by atoms with Crippen LogP contribution in [0, 0.1) is 0 Å². The second-order valence-corrected chi connectivity index (χ2v) is 9.02. The van der Waals surface area contributed by atoms with E-state index in [1.54, 1.807) is 7.05 Å². The lowest BCUT2D eigenvalue weighted by molar-refractivity contribution is 0.443. The van der Waals surface area contributed by atoms with Crippen LogP contribution in [0.2, 0.25) is 0 Å². The maximum Gasteiger partial charge on any atom is 0.279 e. The SMILES string of the molecule is CN(CCCNC1CC1)S(=O)(=O)NCC1CCCCS1. The van der Waals surface area contributed by atoms with E-state index in [1.165, 1.54) is 30.0 Å². The maximum absolute atomic E-state index is 12.1. The summed E-state index contributed by atoms with van der Waals surface area (Å²) in [7, 11) is -1.64. The molecule has 2 aliphatic rings. The summed E-state index contributed by atoms with van der Waals surface area (Å²) in [6, 6.07) is 0.693. The molecule has 0 aromatic rings. The van der Waals surface area contributed by atoms with Gasteiger partial charge in [-0.25, -0.2) is 4.72 Å². The van der Waals surface area contributed by atoms with E-state index in [9.17, 15) is 8.42 Å². The van der Waals surface area contributed by atoms with Gasteiger partial charge in [0, 0.05) is 31.4 Å². The van der Waals surface area contributed by atoms with Crippen LogP contribution in [0.25, 0.3) is 0 Å². The van der Waals surface area contributed by atoms with Crippen LogP contribution in [-0.2, 0) is 10.2 Å². The first-order valence-electron chi connectivity index (χ1n) is 7.64. The molecule has 1 aliphatic heterocycles. The molecule has 118 valence electrons. The molecule has 1 heterocycles. The van der Waals surface area contributed by atoms with E-state index in [0.29, 0.717) is 24.4 Å². The Labute approximate surface area is 127 Å². The van der Waals surface area contributed by atoms with Crippen LogP contribution in [0.4, 0.5) is 0 Å². The lowest BCUT2D eigenvalue weighted by Gasteiger charge is -2.23. The lowest BCUT2D eigenvalue weighted by Crippen LogP contribution is -2.42. The molecule has 0 spiro atoms. The van der Waals surface area contributed by atoms with Crippen molar-refractivity contribution in [3.05, 3.63) is 0 Å². The van der Waals surface area contributed by atoms with Gasteiger partial charge in [0.1, 0.15) is 0 Å². The maximum atomic E-state index is 12.1. The summed E-state index contributed by atoms with van der Waals surface area (Å²) in [5.41, 5.74) is 0. The zero-order valence-electron chi connectivity index (χ0n) is 12.3. The van der Waals surface area contributed by atoms with Crippen LogP contribution in [-0.4, -0.2) is 56.4 Å². The first-order valence-corrected chi connectivity index (χ1v) is 10.1. The van der Waals surface area contributed by atoms with E-state index in [4.69, 9.17) is 0 Å². The summed E-state index contributed by atoms with van der Waals surface area (Å²) in [5, 5.41) is 3.85. The largest absolute Gasteiger partial charge is 0.314 e. The van der Waals surface area contributed by atoms with Crippen molar-refractivity contribution in [2.24, 2.45) is 0 Å². The van der Waals surface area contributed by atoms with Gasteiger partial charge in [-0.1, -0.05) is 6.42 Å². The predicted molar refractivity (Wildman–Crippen MR) is 85.3 cm³/mol. The molecular formula is C13H27N3O2S2. The minimum Gasteiger partial charge on any atom is -0.314 e. The summed E-state index contributed by atoms with van der Waals surface area (Å²) in [4.78, 5) is 0. The van der Waals surface area contributed by atoms with Crippen molar-refractivity contribution in [2.75, 3.05) is 32.4 Å². The second-order valence-electron chi connectivity index (χ2n) is 5.75. The van der Waals surface area contributed by atoms with Crippen LogP contribution in [0.15, 0.2) is 0 Å². The monoisotopic (exact) mass is 321 g/mol. The number of hydrogen-bond donors (Lipinski definition) is 2. The van der Waals surface area contributed by atoms with E-state index in [-0.39, 0.29) is 0 Å². The molecule has 7 heteroatoms. The van der Waals surface area contributed by atoms with Crippen LogP contribution in [0.3, 0.4) is 0 Å². The lowest BCUT2D eigenvalue weighted by atomic mass is 10.2. The predicted octanol–water partition coefficient (Wildman–Crippen LogP) is 1.18. The third-order valence-corrected chi connectivity index (χ3v) is 6.77. The first kappa shape index (κ1) is 16.5. The van der Waals surface area contributed by atoms with Crippen molar-refractivity contribution in [1.82, 2.24) is 14.3 Å². The molecule has 2 rings (SSSR count). The van der Waals surface area contributed by atoms with E-state index in [2.05, 4.69) is 10.0 Å². The molecule has 2 N–H and O–H groups in total. The first-order chi connectivity index (χ1) is 9.58. The number of nitrogens with one attached hydrogen (secondary N) is 2. The van der Waals surface area contributed by atoms with Crippen LogP contribution in [0.5, 0.6) is 0 Å². The highest BCUT2D eigenvalue weighted by Crippen LogP contribution is 2.24. The molecule has 1 atom stereocenters. The fourth-order valence-corrected chi connectivity index (χ4v) is 4.64. The average molecular weight is 322 g/mol. The number of hydrogen-bond acceptors (Lipinski definition) is 4. The minimum atomic E-state index is -3.30. The molecular weight excluding hydrogens is 294 g/mol. The van der Waals surface area contributed by atoms with Gasteiger partial charge in [-0.2, -0.15) is 24.5 Å². The summed E-state index contributed by atoms with van der Waals surface area (Å²) in [5.74, 6) is 1.16. The fourth-order valence-electron chi connectivity index (χ4n) is 2.29. The van der Waals surface area contributed by atoms with E-state index >= 15 is 0 Å². The Balaban J connectivity index is 1.62. The van der Waals surface area contributed by atoms with Crippen molar-refractivity contribution in [2.45, 2.75) is 49.8 Å². The molecule has 0 amide bonds. The van der Waals surface area contributed by atoms with Gasteiger partial charge in [0.15, 0.2) is 0 Å². The van der Waals surface area contributed by atoms with Crippen LogP contribution >= 0.6 is 11.8 Å². The molecule has 1 aliphatic carbocycles. The third-order valence-electron chi connectivity index (χ3n) is 3.84. The molecule has 5 nitrogen and oxygen atoms in total. The number of thioether (sulfide) groups is 1. The highest BCUT2D eigenvalue weighted by Gasteiger charge is 2.22. The molecule has 20 heavy (non-hydrogen) atoms. The van der Waals surface area contributed by atoms with Gasteiger partial charge in [0.25, 0.3) is 10.2 Å². The number of nitrogens with zero attached hydrogens (tertiary/aromatic N) is 1. The summed E-state index contributed by atoms with van der Waals surface area (Å²) < 4.78 is 28.4. The molecule has 0 aromatic heterocycles. The molecule has 1 saturated carbocycles. The molecule has 1 unspecified atom stereocenters. The number of rotatable bonds is 9. The van der Waals surface area contributed by atoms with Crippen LogP contribution < -0.4 is 10.0 Å². The van der Waals surface area contributed by atoms with E-state index in [1.807, 2.05) is 11.8 Å². The standard InChI is InChI=1S/C13H27N3O2S2/c1-16(9-4-8-14-12-6-7-12)20(17,18)15-11-13-5-2-3-10-19-13/h12-15H,2-11H2,1H3. The van der Waals surface area contributed by atoms with E-state index in [0.717, 1.165) is 25.1 Å². The Morgan fingerprint density at radius 2 is 2.05 bits per heavy atom. The quantitative estimate of drug-likeness (QED) is 0.626. The van der Waals surface area contributed by atoms with Gasteiger partial charge in [0.05, 0.1) is 0 Å². The van der Waals surface area contributed by atoms with Crippen molar-refractivity contribution >= 4 is 22.0 Å². The Morgan fingerprint density at radius 3 is 2.70 bits per heavy atom. The molecule has 2 fully saturated rings. The average Bonchev–Trinajstić information content (AvgIpc) is 3.26. The minimum absolute atomic E-state index is 0.448. The van der Waals surface area contributed by atoms with Gasteiger partial charge in [-0.05, 0) is 44.4 Å². The highest BCUT2D eigenvalue weighted by molar-refractivity contribution is 8.00. The van der Waals surface area contributed by atoms with E-state index < -0.39 is 10.2 Å². The normalized spacial score (nSPS) is 24.2. The second kappa shape index (κ2) is 7.98. The van der Waals surface area contributed by atoms with Gasteiger partial charge in [-0.15, -0.1) is 0 Å². The molecule has 0 radical (unpaired) electrons. The molecule has 0 aromatic carbocycles. The Morgan fingerprint density at radius 1 is 1.25 bits per heavy atom. The van der Waals surface area contributed by atoms with Gasteiger partial charge < -0.3 is 5.32 Å². The smallest absolute Gasteiger partial charge is 0.279 e. The van der Waals surface area contributed by atoms with Crippen molar-refractivity contribution < 1.29 is 8.42 Å². The van der Waals surface area contributed by atoms with Gasteiger partial charge in [0.2, 0.25) is 0 Å². The van der Waals surface area contributed by atoms with Crippen molar-refractivity contribution in [3.63, 3.8) is 0 Å². The summed E-state index contributed by atoms with van der Waals surface area (Å²) in [6.45, 7) is 2.05. The summed E-state index contributed by atoms with van der Waals surface area (Å²) in [6.07, 6.45) is 7.03. The van der Waals surface area contributed by atoms with Gasteiger partial charge >= 0.3 is 0 Å². The highest BCUT2D eigenvalue weighted by atomic mass is 32.2. The topological polar surface area (TPSA) is 61.4 Å². The van der Waals surface area contributed by atoms with Crippen molar-refractivity contribution in [1.29, 1.82) is 0 Å². The van der Waals surface area contributed by atoms with Crippen molar-refractivity contribution in [3.8, 4) is 0 Å². The van der Waals surface area contributed by atoms with Crippen LogP contribution in [0.1, 0.15) is 38.5 Å².